The van der Waals surface area contributed by atoms with Gasteiger partial charge in [-0.1, -0.05) is 203 Å². The van der Waals surface area contributed by atoms with Crippen molar-refractivity contribution in [3.8, 4) is 44.5 Å². The molecule has 0 amide bonds. The van der Waals surface area contributed by atoms with Gasteiger partial charge in [0.1, 0.15) is 0 Å². The highest BCUT2D eigenvalue weighted by molar-refractivity contribution is 6.10. The first-order chi connectivity index (χ1) is 29.0. The predicted octanol–water partition coefficient (Wildman–Crippen LogP) is 16.9. The minimum Gasteiger partial charge on any atom is -0.309 e. The molecule has 0 aromatic heterocycles. The highest BCUT2D eigenvalue weighted by Gasteiger charge is 2.39. The molecule has 302 valence electrons. The molecule has 8 aromatic rings. The van der Waals surface area contributed by atoms with Gasteiger partial charge in [-0.15, -0.1) is 0 Å². The molecule has 2 aliphatic carbocycles. The van der Waals surface area contributed by atoms with Gasteiger partial charge in [0.05, 0.1) is 11.4 Å². The average Bonchev–Trinajstić information content (AvgIpc) is 3.62. The smallest absolute Gasteiger partial charge is 0.0546 e. The van der Waals surface area contributed by atoms with Crippen LogP contribution in [0.4, 0.5) is 17.1 Å². The van der Waals surface area contributed by atoms with E-state index < -0.39 is 0 Å². The van der Waals surface area contributed by atoms with Crippen LogP contribution in [0.15, 0.2) is 164 Å². The number of rotatable bonds is 5. The Morgan fingerprint density at radius 3 is 1.70 bits per heavy atom. The summed E-state index contributed by atoms with van der Waals surface area (Å²) in [6.45, 7) is 23.5. The predicted molar refractivity (Wildman–Crippen MR) is 262 cm³/mol. The van der Waals surface area contributed by atoms with E-state index in [0.29, 0.717) is 0 Å². The fraction of sp³-hybridized carbons (Fsp3) is 0.233. The van der Waals surface area contributed by atoms with E-state index in [-0.39, 0.29) is 21.7 Å². The zero-order chi connectivity index (χ0) is 42.6. The lowest BCUT2D eigenvalue weighted by molar-refractivity contribution is 0.584. The van der Waals surface area contributed by atoms with Crippen molar-refractivity contribution in [2.24, 2.45) is 0 Å². The first-order valence-corrected chi connectivity index (χ1v) is 22.1. The Labute approximate surface area is 363 Å². The Bertz CT molecular complexity index is 3040. The lowest BCUT2D eigenvalue weighted by atomic mass is 9.79. The van der Waals surface area contributed by atoms with Crippen molar-refractivity contribution in [2.45, 2.75) is 90.9 Å². The van der Waals surface area contributed by atoms with Gasteiger partial charge >= 0.3 is 0 Å². The maximum absolute atomic E-state index is 2.59. The fourth-order valence-corrected chi connectivity index (χ4v) is 10.5. The Hall–Kier alpha value is -6.18. The third kappa shape index (κ3) is 6.11. The van der Waals surface area contributed by atoms with Crippen molar-refractivity contribution >= 4 is 27.8 Å². The summed E-state index contributed by atoms with van der Waals surface area (Å²) < 4.78 is 0. The normalized spacial score (nSPS) is 14.7. The summed E-state index contributed by atoms with van der Waals surface area (Å²) in [6.07, 6.45) is 0. The summed E-state index contributed by atoms with van der Waals surface area (Å²) >= 11 is 0. The van der Waals surface area contributed by atoms with Gasteiger partial charge in [-0.05, 0) is 119 Å². The molecule has 1 heteroatoms. The van der Waals surface area contributed by atoms with Crippen LogP contribution in [0.2, 0.25) is 0 Å². The molecule has 0 aliphatic heterocycles. The van der Waals surface area contributed by atoms with E-state index in [0.717, 1.165) is 11.4 Å². The van der Waals surface area contributed by atoms with Crippen LogP contribution in [0.1, 0.15) is 103 Å². The minimum atomic E-state index is -0.187. The number of nitrogens with zero attached hydrogens (tertiary/aromatic N) is 1. The molecule has 0 fully saturated rings. The third-order valence-electron chi connectivity index (χ3n) is 14.0. The molecule has 1 nitrogen and oxygen atoms in total. The molecule has 0 radical (unpaired) electrons. The van der Waals surface area contributed by atoms with Crippen LogP contribution in [-0.4, -0.2) is 0 Å². The van der Waals surface area contributed by atoms with E-state index in [1.165, 1.54) is 94.3 Å². The number of fused-ring (bicyclic) bond motifs is 7. The maximum atomic E-state index is 2.59. The van der Waals surface area contributed by atoms with Gasteiger partial charge < -0.3 is 4.90 Å². The van der Waals surface area contributed by atoms with Crippen molar-refractivity contribution in [3.05, 3.63) is 197 Å². The molecule has 61 heavy (non-hydrogen) atoms. The monoisotopic (exact) mass is 791 g/mol. The molecule has 2 aliphatic rings. The quantitative estimate of drug-likeness (QED) is 0.168. The summed E-state index contributed by atoms with van der Waals surface area (Å²) in [7, 11) is 0. The second kappa shape index (κ2) is 13.7. The van der Waals surface area contributed by atoms with E-state index in [9.17, 15) is 0 Å². The second-order valence-corrected chi connectivity index (χ2v) is 20.6. The van der Waals surface area contributed by atoms with Crippen LogP contribution in [0, 0.1) is 0 Å². The van der Waals surface area contributed by atoms with Crippen LogP contribution in [0.3, 0.4) is 0 Å². The molecular weight excluding hydrogens is 735 g/mol. The molecule has 0 bridgehead atoms. The van der Waals surface area contributed by atoms with Crippen LogP contribution >= 0.6 is 0 Å². The first kappa shape index (κ1) is 39.0. The Morgan fingerprint density at radius 1 is 0.377 bits per heavy atom. The molecule has 0 unspecified atom stereocenters. The van der Waals surface area contributed by atoms with Gasteiger partial charge in [-0.2, -0.15) is 0 Å². The third-order valence-corrected chi connectivity index (χ3v) is 14.0. The van der Waals surface area contributed by atoms with Gasteiger partial charge in [0.15, 0.2) is 0 Å². The standard InChI is InChI=1S/C60H57N/c1-57(2,3)40-29-34-53(48(35-40)38-19-12-11-13-20-38)61(42-30-32-45-44-31-28-41(58(4,5)6)36-51(44)60(9,10)52(45)37-42)54-33-27-39-21-14-15-22-43(39)56(54)47-24-18-26-50-55(47)46-23-16-17-25-49(46)59(50,7)8/h11-37H,1-10H3. The van der Waals surface area contributed by atoms with E-state index in [2.05, 4.69) is 238 Å². The topological polar surface area (TPSA) is 3.24 Å². The SMILES string of the molecule is CC(C)(C)c1ccc(N(c2ccc3c(c2)C(C)(C)c2cc(C(C)(C)C)ccc2-3)c2ccc3ccccc3c2-c2cccc3c2-c2ccccc2C3(C)C)c(-c2ccccc2)c1. The van der Waals surface area contributed by atoms with Gasteiger partial charge in [0.2, 0.25) is 0 Å². The molecule has 0 saturated heterocycles. The van der Waals surface area contributed by atoms with Crippen LogP contribution in [0.25, 0.3) is 55.3 Å². The van der Waals surface area contributed by atoms with Crippen molar-refractivity contribution in [3.63, 3.8) is 0 Å². The van der Waals surface area contributed by atoms with Gasteiger partial charge in [0.25, 0.3) is 0 Å². The van der Waals surface area contributed by atoms with Gasteiger partial charge in [-0.3, -0.25) is 0 Å². The zero-order valence-electron chi connectivity index (χ0n) is 37.5. The largest absolute Gasteiger partial charge is 0.309 e. The second-order valence-electron chi connectivity index (χ2n) is 20.6. The average molecular weight is 792 g/mol. The molecule has 0 N–H and O–H groups in total. The fourth-order valence-electron chi connectivity index (χ4n) is 10.5. The molecule has 10 rings (SSSR count). The molecule has 0 saturated carbocycles. The van der Waals surface area contributed by atoms with Crippen LogP contribution < -0.4 is 4.90 Å². The first-order valence-electron chi connectivity index (χ1n) is 22.1. The summed E-state index contributed by atoms with van der Waals surface area (Å²) in [5, 5.41) is 2.48. The summed E-state index contributed by atoms with van der Waals surface area (Å²) in [4.78, 5) is 2.59. The van der Waals surface area contributed by atoms with Gasteiger partial charge in [-0.25, -0.2) is 0 Å². The molecule has 0 spiro atoms. The van der Waals surface area contributed by atoms with Crippen molar-refractivity contribution in [1.29, 1.82) is 0 Å². The van der Waals surface area contributed by atoms with E-state index >= 15 is 0 Å². The summed E-state index contributed by atoms with van der Waals surface area (Å²) in [5.74, 6) is 0. The number of anilines is 3. The van der Waals surface area contributed by atoms with Crippen LogP contribution in [-0.2, 0) is 21.7 Å². The minimum absolute atomic E-state index is 0.0267. The lowest BCUT2D eigenvalue weighted by Gasteiger charge is -2.33. The number of benzene rings is 8. The number of hydrogen-bond donors (Lipinski definition) is 0. The maximum Gasteiger partial charge on any atom is 0.0546 e. The lowest BCUT2D eigenvalue weighted by Crippen LogP contribution is -2.19. The molecule has 0 atom stereocenters. The molecule has 8 aromatic carbocycles. The number of hydrogen-bond acceptors (Lipinski definition) is 1. The Morgan fingerprint density at radius 2 is 0.951 bits per heavy atom. The highest BCUT2D eigenvalue weighted by Crippen LogP contribution is 2.57. The van der Waals surface area contributed by atoms with Crippen LogP contribution in [0.5, 0.6) is 0 Å². The van der Waals surface area contributed by atoms with Crippen molar-refractivity contribution in [2.75, 3.05) is 4.90 Å². The van der Waals surface area contributed by atoms with E-state index in [1.54, 1.807) is 0 Å². The van der Waals surface area contributed by atoms with Crippen molar-refractivity contribution < 1.29 is 0 Å². The summed E-state index contributed by atoms with van der Waals surface area (Å²) in [6, 6.07) is 62.4. The Kier molecular flexibility index (Phi) is 8.73. The van der Waals surface area contributed by atoms with Crippen molar-refractivity contribution in [1.82, 2.24) is 0 Å². The Balaban J connectivity index is 1.30. The van der Waals surface area contributed by atoms with E-state index in [4.69, 9.17) is 0 Å². The van der Waals surface area contributed by atoms with Gasteiger partial charge in [0, 0.05) is 27.6 Å². The summed E-state index contributed by atoms with van der Waals surface area (Å²) in [5.41, 5.74) is 21.7. The zero-order valence-corrected chi connectivity index (χ0v) is 37.5. The molecule has 0 heterocycles. The highest BCUT2D eigenvalue weighted by atomic mass is 15.1. The van der Waals surface area contributed by atoms with E-state index in [1.807, 2.05) is 0 Å². The molecular formula is C60H57N.